The van der Waals surface area contributed by atoms with Crippen molar-refractivity contribution in [3.05, 3.63) is 87.8 Å². The highest BCUT2D eigenvalue weighted by atomic mass is 32.2. The summed E-state index contributed by atoms with van der Waals surface area (Å²) in [6, 6.07) is 14.3. The molecule has 3 N–H and O–H groups in total. The first-order valence-corrected chi connectivity index (χ1v) is 12.8. The highest BCUT2D eigenvalue weighted by Crippen LogP contribution is 2.41. The molecule has 0 saturated carbocycles. The standard InChI is InChI=1S/C28H21F3N4O4S/c1-14(2)16-4-7-18(8-5-16)35-21-13-17(28(29,30)31)6-9-19(21)24(26(35)38)34-33-20-10-3-15(11-22(20)36)12-23-25(37)32-27(39)40-23/h3-14,33,36H,1-2H3,(H,32,37,39)/b23-12+,34-24-. The Balaban J connectivity index is 1.48. The van der Waals surface area contributed by atoms with Gasteiger partial charge in [0.2, 0.25) is 0 Å². The lowest BCUT2D eigenvalue weighted by molar-refractivity contribution is -0.137. The number of nitrogens with zero attached hydrogens (tertiary/aromatic N) is 2. The number of thioether (sulfide) groups is 1. The number of aromatic hydroxyl groups is 1. The number of imide groups is 1. The van der Waals surface area contributed by atoms with Crippen molar-refractivity contribution in [3.8, 4) is 5.75 Å². The number of rotatable bonds is 5. The Hall–Kier alpha value is -4.58. The quantitative estimate of drug-likeness (QED) is 0.189. The summed E-state index contributed by atoms with van der Waals surface area (Å²) >= 11 is 0.732. The summed E-state index contributed by atoms with van der Waals surface area (Å²) in [7, 11) is 0. The van der Waals surface area contributed by atoms with E-state index in [1.165, 1.54) is 29.2 Å². The molecule has 3 aromatic rings. The number of hydrogen-bond acceptors (Lipinski definition) is 7. The van der Waals surface area contributed by atoms with Crippen molar-refractivity contribution < 1.29 is 32.7 Å². The molecule has 204 valence electrons. The third kappa shape index (κ3) is 5.17. The van der Waals surface area contributed by atoms with Crippen molar-refractivity contribution >= 4 is 57.7 Å². The van der Waals surface area contributed by atoms with Crippen LogP contribution in [0.3, 0.4) is 0 Å². The second kappa shape index (κ2) is 10.2. The predicted molar refractivity (Wildman–Crippen MR) is 146 cm³/mol. The number of alkyl halides is 3. The van der Waals surface area contributed by atoms with Crippen LogP contribution in [-0.4, -0.2) is 27.9 Å². The minimum atomic E-state index is -4.61. The average Bonchev–Trinajstić information content (AvgIpc) is 3.36. The Morgan fingerprint density at radius 3 is 2.35 bits per heavy atom. The molecule has 1 fully saturated rings. The first-order chi connectivity index (χ1) is 18.9. The van der Waals surface area contributed by atoms with Gasteiger partial charge in [-0.15, -0.1) is 0 Å². The highest BCUT2D eigenvalue weighted by Gasteiger charge is 2.39. The number of hydrogen-bond donors (Lipinski definition) is 3. The number of halogens is 3. The molecule has 8 nitrogen and oxygen atoms in total. The first-order valence-electron chi connectivity index (χ1n) is 12.0. The van der Waals surface area contributed by atoms with E-state index < -0.39 is 28.8 Å². The average molecular weight is 567 g/mol. The molecule has 2 aliphatic rings. The largest absolute Gasteiger partial charge is 0.506 e. The Morgan fingerprint density at radius 2 is 1.75 bits per heavy atom. The molecule has 0 spiro atoms. The SMILES string of the molecule is CC(C)c1ccc(N2C(=O)/C(=N\Nc3ccc(/C=C4/SC(=O)NC4=O)cc3O)c3ccc(C(F)(F)F)cc32)cc1. The van der Waals surface area contributed by atoms with Crippen LogP contribution in [0.15, 0.2) is 70.7 Å². The summed E-state index contributed by atoms with van der Waals surface area (Å²) in [6.45, 7) is 4.00. The number of hydrazone groups is 1. The molecule has 40 heavy (non-hydrogen) atoms. The molecule has 2 heterocycles. The number of carbonyl (C=O) groups is 3. The van der Waals surface area contributed by atoms with E-state index in [1.54, 1.807) is 18.2 Å². The van der Waals surface area contributed by atoms with Crippen LogP contribution in [0.5, 0.6) is 5.75 Å². The molecule has 3 amide bonds. The summed E-state index contributed by atoms with van der Waals surface area (Å²) in [5.41, 5.74) is 3.71. The lowest BCUT2D eigenvalue weighted by Gasteiger charge is -2.19. The Bertz CT molecular complexity index is 1610. The van der Waals surface area contributed by atoms with E-state index in [-0.39, 0.29) is 39.2 Å². The van der Waals surface area contributed by atoms with Gasteiger partial charge in [0.15, 0.2) is 5.71 Å². The first kappa shape index (κ1) is 27.0. The fourth-order valence-electron chi connectivity index (χ4n) is 4.22. The lowest BCUT2D eigenvalue weighted by Crippen LogP contribution is -2.26. The molecule has 1 saturated heterocycles. The van der Waals surface area contributed by atoms with E-state index >= 15 is 0 Å². The molecule has 0 radical (unpaired) electrons. The number of benzene rings is 3. The summed E-state index contributed by atoms with van der Waals surface area (Å²) in [5.74, 6) is -1.24. The lowest BCUT2D eigenvalue weighted by atomic mass is 10.0. The van der Waals surface area contributed by atoms with Crippen LogP contribution >= 0.6 is 11.8 Å². The fraction of sp³-hybridized carbons (Fsp3) is 0.143. The number of phenolic OH excluding ortho intramolecular Hbond substituents is 1. The Labute approximate surface area is 230 Å². The molecule has 12 heteroatoms. The second-order valence-corrected chi connectivity index (χ2v) is 10.3. The van der Waals surface area contributed by atoms with Crippen molar-refractivity contribution in [1.29, 1.82) is 0 Å². The van der Waals surface area contributed by atoms with E-state index in [0.29, 0.717) is 11.3 Å². The maximum Gasteiger partial charge on any atom is 0.416 e. The number of phenols is 1. The van der Waals surface area contributed by atoms with Crippen LogP contribution in [0.4, 0.5) is 35.0 Å². The Morgan fingerprint density at radius 1 is 1.02 bits per heavy atom. The van der Waals surface area contributed by atoms with Crippen molar-refractivity contribution in [2.45, 2.75) is 25.9 Å². The monoisotopic (exact) mass is 566 g/mol. The zero-order chi connectivity index (χ0) is 28.8. The molecule has 0 unspecified atom stereocenters. The van der Waals surface area contributed by atoms with Gasteiger partial charge in [-0.1, -0.05) is 32.0 Å². The van der Waals surface area contributed by atoms with Gasteiger partial charge in [0.1, 0.15) is 5.75 Å². The van der Waals surface area contributed by atoms with Gasteiger partial charge in [-0.3, -0.25) is 30.0 Å². The van der Waals surface area contributed by atoms with Crippen LogP contribution in [-0.2, 0) is 15.8 Å². The minimum absolute atomic E-state index is 0.0331. The van der Waals surface area contributed by atoms with Gasteiger partial charge in [0, 0.05) is 11.3 Å². The van der Waals surface area contributed by atoms with Crippen molar-refractivity contribution in [1.82, 2.24) is 5.32 Å². The summed E-state index contributed by atoms with van der Waals surface area (Å²) < 4.78 is 40.6. The molecular weight excluding hydrogens is 545 g/mol. The smallest absolute Gasteiger partial charge is 0.416 e. The number of anilines is 3. The molecule has 2 aliphatic heterocycles. The summed E-state index contributed by atoms with van der Waals surface area (Å²) in [5, 5.41) is 16.3. The zero-order valence-corrected chi connectivity index (χ0v) is 21.9. The second-order valence-electron chi connectivity index (χ2n) is 9.32. The summed E-state index contributed by atoms with van der Waals surface area (Å²) in [6.07, 6.45) is -3.19. The zero-order valence-electron chi connectivity index (χ0n) is 21.0. The van der Waals surface area contributed by atoms with E-state index in [1.807, 2.05) is 26.0 Å². The van der Waals surface area contributed by atoms with Gasteiger partial charge in [-0.2, -0.15) is 18.3 Å². The van der Waals surface area contributed by atoms with E-state index in [4.69, 9.17) is 0 Å². The van der Waals surface area contributed by atoms with Crippen molar-refractivity contribution in [2.75, 3.05) is 10.3 Å². The van der Waals surface area contributed by atoms with E-state index in [2.05, 4.69) is 15.8 Å². The topological polar surface area (TPSA) is 111 Å². The normalized spacial score (nSPS) is 17.2. The van der Waals surface area contributed by atoms with E-state index in [0.717, 1.165) is 29.5 Å². The van der Waals surface area contributed by atoms with Gasteiger partial charge < -0.3 is 5.11 Å². The Kier molecular flexibility index (Phi) is 6.88. The number of amides is 3. The third-order valence-electron chi connectivity index (χ3n) is 6.29. The van der Waals surface area contributed by atoms with Crippen LogP contribution in [0, 0.1) is 0 Å². The van der Waals surface area contributed by atoms with Gasteiger partial charge in [0.05, 0.1) is 21.8 Å². The number of nitrogens with one attached hydrogen (secondary N) is 2. The molecule has 0 bridgehead atoms. The highest BCUT2D eigenvalue weighted by molar-refractivity contribution is 8.18. The number of fused-ring (bicyclic) bond motifs is 1. The maximum atomic E-state index is 13.5. The molecule has 0 atom stereocenters. The van der Waals surface area contributed by atoms with Gasteiger partial charge in [-0.25, -0.2) is 0 Å². The summed E-state index contributed by atoms with van der Waals surface area (Å²) in [4.78, 5) is 37.9. The predicted octanol–water partition coefficient (Wildman–Crippen LogP) is 6.35. The molecular formula is C28H21F3N4O4S. The van der Waals surface area contributed by atoms with Crippen LogP contribution in [0.2, 0.25) is 0 Å². The fourth-order valence-corrected chi connectivity index (χ4v) is 4.90. The molecule has 5 rings (SSSR count). The van der Waals surface area contributed by atoms with Gasteiger partial charge in [-0.05, 0) is 77.3 Å². The van der Waals surface area contributed by atoms with Crippen LogP contribution in [0.1, 0.15) is 42.0 Å². The van der Waals surface area contributed by atoms with Crippen LogP contribution < -0.4 is 15.6 Å². The molecule has 0 aliphatic carbocycles. The van der Waals surface area contributed by atoms with Crippen LogP contribution in [0.25, 0.3) is 6.08 Å². The minimum Gasteiger partial charge on any atom is -0.506 e. The van der Waals surface area contributed by atoms with Gasteiger partial charge in [0.25, 0.3) is 17.1 Å². The van der Waals surface area contributed by atoms with Gasteiger partial charge >= 0.3 is 6.18 Å². The molecule has 3 aromatic carbocycles. The van der Waals surface area contributed by atoms with E-state index in [9.17, 15) is 32.7 Å². The van der Waals surface area contributed by atoms with Crippen molar-refractivity contribution in [3.63, 3.8) is 0 Å². The number of carbonyl (C=O) groups excluding carboxylic acids is 3. The van der Waals surface area contributed by atoms with Crippen molar-refractivity contribution in [2.24, 2.45) is 5.10 Å². The maximum absolute atomic E-state index is 13.5. The third-order valence-corrected chi connectivity index (χ3v) is 7.11. The molecule has 0 aromatic heterocycles.